The number of benzene rings is 2. The Balaban J connectivity index is 1.91. The Kier molecular flexibility index (Phi) is 6.48. The average Bonchev–Trinajstić information content (AvgIpc) is 2.63. The van der Waals surface area contributed by atoms with E-state index < -0.39 is 11.0 Å². The Morgan fingerprint density at radius 2 is 1.70 bits per heavy atom. The normalized spacial score (nSPS) is 11.4. The number of hydrogen-bond acceptors (Lipinski definition) is 5. The highest BCUT2D eigenvalue weighted by molar-refractivity contribution is 5.94. The van der Waals surface area contributed by atoms with Gasteiger partial charge >= 0.3 is 0 Å². The SMILES string of the molecule is CC(Oc1ccc([N+](=O)[O-])cc1)C(=O)Nc1ccc(CC(=O)N(C)C)cc1. The van der Waals surface area contributed by atoms with Crippen molar-refractivity contribution in [2.45, 2.75) is 19.4 Å². The third kappa shape index (κ3) is 5.81. The van der Waals surface area contributed by atoms with Gasteiger partial charge < -0.3 is 15.0 Å². The molecule has 27 heavy (non-hydrogen) atoms. The van der Waals surface area contributed by atoms with Crippen LogP contribution in [0.2, 0.25) is 0 Å². The predicted molar refractivity (Wildman–Crippen MR) is 101 cm³/mol. The van der Waals surface area contributed by atoms with Gasteiger partial charge in [0.15, 0.2) is 6.10 Å². The van der Waals surface area contributed by atoms with Gasteiger partial charge in [-0.25, -0.2) is 0 Å². The molecule has 1 N–H and O–H groups in total. The molecule has 0 bridgehead atoms. The first-order chi connectivity index (χ1) is 12.8. The number of nitro benzene ring substituents is 1. The Morgan fingerprint density at radius 1 is 1.11 bits per heavy atom. The van der Waals surface area contributed by atoms with Gasteiger partial charge in [-0.1, -0.05) is 12.1 Å². The molecule has 0 heterocycles. The number of carbonyl (C=O) groups is 2. The van der Waals surface area contributed by atoms with Crippen LogP contribution in [-0.2, 0) is 16.0 Å². The van der Waals surface area contributed by atoms with Gasteiger partial charge in [-0.3, -0.25) is 19.7 Å². The van der Waals surface area contributed by atoms with E-state index >= 15 is 0 Å². The van der Waals surface area contributed by atoms with Crippen LogP contribution in [0, 0.1) is 10.1 Å². The van der Waals surface area contributed by atoms with Crippen molar-refractivity contribution in [1.82, 2.24) is 4.90 Å². The van der Waals surface area contributed by atoms with Crippen LogP contribution < -0.4 is 10.1 Å². The minimum absolute atomic E-state index is 0.00287. The third-order valence-corrected chi connectivity index (χ3v) is 3.81. The predicted octanol–water partition coefficient (Wildman–Crippen LogP) is 2.63. The molecule has 0 radical (unpaired) electrons. The van der Waals surface area contributed by atoms with E-state index in [4.69, 9.17) is 4.74 Å². The summed E-state index contributed by atoms with van der Waals surface area (Å²) in [6.45, 7) is 1.58. The van der Waals surface area contributed by atoms with Crippen LogP contribution in [0.15, 0.2) is 48.5 Å². The molecule has 8 heteroatoms. The van der Waals surface area contributed by atoms with E-state index in [-0.39, 0.29) is 17.5 Å². The Bertz CT molecular complexity index is 816. The van der Waals surface area contributed by atoms with E-state index in [1.807, 2.05) is 0 Å². The number of hydrogen-bond donors (Lipinski definition) is 1. The highest BCUT2D eigenvalue weighted by atomic mass is 16.6. The maximum absolute atomic E-state index is 12.2. The molecule has 2 rings (SSSR count). The van der Waals surface area contributed by atoms with Gasteiger partial charge in [0, 0.05) is 31.9 Å². The molecular formula is C19H21N3O5. The molecule has 0 aromatic heterocycles. The first-order valence-corrected chi connectivity index (χ1v) is 8.27. The van der Waals surface area contributed by atoms with Crippen molar-refractivity contribution in [3.63, 3.8) is 0 Å². The molecule has 0 aliphatic heterocycles. The standard InChI is InChI=1S/C19H21N3O5/c1-13(27-17-10-8-16(9-11-17)22(25)26)19(24)20-15-6-4-14(5-7-15)12-18(23)21(2)3/h4-11,13H,12H2,1-3H3,(H,20,24). The Morgan fingerprint density at radius 3 is 2.22 bits per heavy atom. The number of non-ortho nitro benzene ring substituents is 1. The molecule has 2 aromatic carbocycles. The van der Waals surface area contributed by atoms with Crippen molar-refractivity contribution < 1.29 is 19.2 Å². The number of nitrogens with one attached hydrogen (secondary N) is 1. The second kappa shape index (κ2) is 8.79. The molecule has 2 aromatic rings. The zero-order valence-electron chi connectivity index (χ0n) is 15.3. The topological polar surface area (TPSA) is 102 Å². The Labute approximate surface area is 156 Å². The fourth-order valence-corrected chi connectivity index (χ4v) is 2.19. The second-order valence-corrected chi connectivity index (χ2v) is 6.16. The number of rotatable bonds is 7. The molecule has 0 saturated heterocycles. The molecular weight excluding hydrogens is 350 g/mol. The number of anilines is 1. The fourth-order valence-electron chi connectivity index (χ4n) is 2.19. The first kappa shape index (κ1) is 19.9. The molecule has 0 aliphatic rings. The van der Waals surface area contributed by atoms with Crippen LogP contribution >= 0.6 is 0 Å². The summed E-state index contributed by atoms with van der Waals surface area (Å²) in [4.78, 5) is 35.6. The van der Waals surface area contributed by atoms with Gasteiger partial charge in [0.05, 0.1) is 11.3 Å². The van der Waals surface area contributed by atoms with Crippen LogP contribution in [0.5, 0.6) is 5.75 Å². The lowest BCUT2D eigenvalue weighted by molar-refractivity contribution is -0.384. The minimum atomic E-state index is -0.790. The van der Waals surface area contributed by atoms with Crippen molar-refractivity contribution in [2.75, 3.05) is 19.4 Å². The molecule has 0 spiro atoms. The largest absolute Gasteiger partial charge is 0.481 e. The van der Waals surface area contributed by atoms with Crippen LogP contribution in [-0.4, -0.2) is 41.8 Å². The zero-order chi connectivity index (χ0) is 20.0. The van der Waals surface area contributed by atoms with Crippen molar-refractivity contribution in [3.05, 3.63) is 64.2 Å². The zero-order valence-corrected chi connectivity index (χ0v) is 15.3. The average molecular weight is 371 g/mol. The summed E-state index contributed by atoms with van der Waals surface area (Å²) in [5.74, 6) is 0.00294. The number of nitro groups is 1. The summed E-state index contributed by atoms with van der Waals surface area (Å²) >= 11 is 0. The summed E-state index contributed by atoms with van der Waals surface area (Å²) < 4.78 is 5.50. The second-order valence-electron chi connectivity index (χ2n) is 6.16. The monoisotopic (exact) mass is 371 g/mol. The highest BCUT2D eigenvalue weighted by Crippen LogP contribution is 2.19. The van der Waals surface area contributed by atoms with Gasteiger partial charge in [0.2, 0.25) is 5.91 Å². The molecule has 0 aliphatic carbocycles. The Hall–Kier alpha value is -3.42. The van der Waals surface area contributed by atoms with Gasteiger partial charge in [0.25, 0.3) is 11.6 Å². The van der Waals surface area contributed by atoms with Crippen molar-refractivity contribution in [2.24, 2.45) is 0 Å². The molecule has 8 nitrogen and oxygen atoms in total. The van der Waals surface area contributed by atoms with E-state index in [9.17, 15) is 19.7 Å². The molecule has 1 atom stereocenters. The van der Waals surface area contributed by atoms with Crippen molar-refractivity contribution in [3.8, 4) is 5.75 Å². The quantitative estimate of drug-likeness (QED) is 0.595. The van der Waals surface area contributed by atoms with Gasteiger partial charge in [-0.2, -0.15) is 0 Å². The van der Waals surface area contributed by atoms with E-state index in [0.29, 0.717) is 17.9 Å². The van der Waals surface area contributed by atoms with Crippen LogP contribution in [0.3, 0.4) is 0 Å². The van der Waals surface area contributed by atoms with E-state index in [1.54, 1.807) is 45.3 Å². The summed E-state index contributed by atoms with van der Waals surface area (Å²) in [7, 11) is 3.40. The van der Waals surface area contributed by atoms with Gasteiger partial charge in [-0.15, -0.1) is 0 Å². The maximum Gasteiger partial charge on any atom is 0.269 e. The lowest BCUT2D eigenvalue weighted by atomic mass is 10.1. The molecule has 0 saturated carbocycles. The molecule has 0 fully saturated rings. The lowest BCUT2D eigenvalue weighted by Crippen LogP contribution is -2.30. The first-order valence-electron chi connectivity index (χ1n) is 8.27. The fraction of sp³-hybridized carbons (Fsp3) is 0.263. The number of amides is 2. The van der Waals surface area contributed by atoms with Crippen LogP contribution in [0.1, 0.15) is 12.5 Å². The summed E-state index contributed by atoms with van der Waals surface area (Å²) in [5, 5.41) is 13.4. The van der Waals surface area contributed by atoms with Gasteiger partial charge in [-0.05, 0) is 36.8 Å². The van der Waals surface area contributed by atoms with E-state index in [2.05, 4.69) is 5.32 Å². The lowest BCUT2D eigenvalue weighted by Gasteiger charge is -2.15. The van der Waals surface area contributed by atoms with Crippen LogP contribution in [0.25, 0.3) is 0 Å². The van der Waals surface area contributed by atoms with Crippen molar-refractivity contribution >= 4 is 23.2 Å². The smallest absolute Gasteiger partial charge is 0.269 e. The third-order valence-electron chi connectivity index (χ3n) is 3.81. The highest BCUT2D eigenvalue weighted by Gasteiger charge is 2.16. The number of ether oxygens (including phenoxy) is 1. The summed E-state index contributed by atoms with van der Waals surface area (Å²) in [6, 6.07) is 12.5. The summed E-state index contributed by atoms with van der Waals surface area (Å²) in [6.07, 6.45) is -0.498. The van der Waals surface area contributed by atoms with E-state index in [1.165, 1.54) is 29.2 Å². The maximum atomic E-state index is 12.2. The summed E-state index contributed by atoms with van der Waals surface area (Å²) in [5.41, 5.74) is 1.38. The van der Waals surface area contributed by atoms with Gasteiger partial charge in [0.1, 0.15) is 5.75 Å². The number of nitrogens with zero attached hydrogens (tertiary/aromatic N) is 2. The minimum Gasteiger partial charge on any atom is -0.481 e. The molecule has 1 unspecified atom stereocenters. The molecule has 142 valence electrons. The van der Waals surface area contributed by atoms with Crippen LogP contribution in [0.4, 0.5) is 11.4 Å². The van der Waals surface area contributed by atoms with Crippen molar-refractivity contribution in [1.29, 1.82) is 0 Å². The van der Waals surface area contributed by atoms with E-state index in [0.717, 1.165) is 5.56 Å². The number of likely N-dealkylation sites (N-methyl/N-ethyl adjacent to an activating group) is 1. The number of carbonyl (C=O) groups excluding carboxylic acids is 2. The molecule has 2 amide bonds.